The summed E-state index contributed by atoms with van der Waals surface area (Å²) in [5, 5.41) is 7.59. The highest BCUT2D eigenvalue weighted by atomic mass is 127. The van der Waals surface area contributed by atoms with E-state index in [9.17, 15) is 0 Å². The molecular weight excluding hydrogens is 397 g/mol. The number of nitrogens with zero attached hydrogens (tertiary/aromatic N) is 1. The lowest BCUT2D eigenvalue weighted by molar-refractivity contribution is 0.389. The van der Waals surface area contributed by atoms with E-state index in [4.69, 9.17) is 11.6 Å². The molecule has 0 aromatic heterocycles. The van der Waals surface area contributed by atoms with Crippen LogP contribution < -0.4 is 10.6 Å². The summed E-state index contributed by atoms with van der Waals surface area (Å²) in [6.07, 6.45) is 3.30. The summed E-state index contributed by atoms with van der Waals surface area (Å²) in [6, 6.07) is 8.25. The van der Waals surface area contributed by atoms with Gasteiger partial charge in [0.15, 0.2) is 5.96 Å². The molecule has 21 heavy (non-hydrogen) atoms. The van der Waals surface area contributed by atoms with Crippen LogP contribution in [0.2, 0.25) is 5.02 Å². The third kappa shape index (κ3) is 4.74. The lowest BCUT2D eigenvalue weighted by atomic mass is 9.76. The first-order valence-corrected chi connectivity index (χ1v) is 7.86. The van der Waals surface area contributed by atoms with E-state index in [0.717, 1.165) is 49.9 Å². The number of hydrogen-bond acceptors (Lipinski definition) is 3. The van der Waals surface area contributed by atoms with Crippen molar-refractivity contribution >= 4 is 41.5 Å². The summed E-state index contributed by atoms with van der Waals surface area (Å²) in [6.45, 7) is 7.32. The molecule has 0 fully saturated rings. The molecule has 1 aromatic rings. The molecule has 0 radical (unpaired) electrons. The highest BCUT2D eigenvalue weighted by Gasteiger charge is 2.28. The van der Waals surface area contributed by atoms with E-state index in [1.807, 2.05) is 12.1 Å². The molecule has 0 saturated heterocycles. The fourth-order valence-electron chi connectivity index (χ4n) is 2.72. The third-order valence-electron chi connectivity index (χ3n) is 4.30. The minimum atomic E-state index is 0. The molecule has 0 bridgehead atoms. The third-order valence-corrected chi connectivity index (χ3v) is 4.55. The molecule has 1 heterocycles. The molecule has 1 aliphatic heterocycles. The average Bonchev–Trinajstić information content (AvgIpc) is 2.51. The van der Waals surface area contributed by atoms with Crippen molar-refractivity contribution in [3.05, 3.63) is 34.9 Å². The van der Waals surface area contributed by atoms with Crippen molar-refractivity contribution in [1.82, 2.24) is 10.6 Å². The molecule has 0 atom stereocenters. The van der Waals surface area contributed by atoms with Gasteiger partial charge in [0.25, 0.3) is 0 Å². The van der Waals surface area contributed by atoms with Crippen LogP contribution in [-0.4, -0.2) is 25.6 Å². The fraction of sp³-hybridized carbons (Fsp3) is 0.562. The highest BCUT2D eigenvalue weighted by Crippen LogP contribution is 2.31. The number of halogens is 2. The smallest absolute Gasteiger partial charge is 0.191 e. The Kier molecular flexibility index (Phi) is 7.81. The van der Waals surface area contributed by atoms with Gasteiger partial charge in [-0.3, -0.25) is 4.99 Å². The molecule has 0 saturated carbocycles. The number of nitrogens with one attached hydrogen (secondary N) is 2. The van der Waals surface area contributed by atoms with E-state index in [1.165, 1.54) is 5.56 Å². The van der Waals surface area contributed by atoms with Gasteiger partial charge in [-0.15, -0.1) is 24.0 Å². The highest BCUT2D eigenvalue weighted by molar-refractivity contribution is 14.0. The lowest BCUT2D eigenvalue weighted by Crippen LogP contribution is -2.47. The molecule has 0 unspecified atom stereocenters. The minimum Gasteiger partial charge on any atom is -0.356 e. The second kappa shape index (κ2) is 8.83. The largest absolute Gasteiger partial charge is 0.356 e. The van der Waals surface area contributed by atoms with Gasteiger partial charge in [0.05, 0.1) is 0 Å². The monoisotopic (exact) mass is 421 g/mol. The van der Waals surface area contributed by atoms with E-state index in [0.29, 0.717) is 0 Å². The molecule has 1 aromatic carbocycles. The van der Waals surface area contributed by atoms with E-state index < -0.39 is 0 Å². The van der Waals surface area contributed by atoms with Crippen LogP contribution in [0.4, 0.5) is 0 Å². The second-order valence-corrected chi connectivity index (χ2v) is 5.79. The zero-order chi connectivity index (χ0) is 14.4. The van der Waals surface area contributed by atoms with Crippen molar-refractivity contribution in [2.24, 2.45) is 4.99 Å². The standard InChI is InChI=1S/C16H24ClN3.HI/c1-3-16(4-2,13-6-8-14(17)9-7-13)12-20-15-18-10-5-11-19-15;/h6-9H,3-5,10-12H2,1-2H3,(H2,18,19,20);1H. The van der Waals surface area contributed by atoms with E-state index >= 15 is 0 Å². The van der Waals surface area contributed by atoms with Gasteiger partial charge in [-0.05, 0) is 37.0 Å². The first kappa shape index (κ1) is 18.6. The summed E-state index contributed by atoms with van der Waals surface area (Å²) < 4.78 is 0. The summed E-state index contributed by atoms with van der Waals surface area (Å²) in [7, 11) is 0. The summed E-state index contributed by atoms with van der Waals surface area (Å²) in [4.78, 5) is 4.48. The molecule has 5 heteroatoms. The van der Waals surface area contributed by atoms with Crippen LogP contribution >= 0.6 is 35.6 Å². The lowest BCUT2D eigenvalue weighted by Gasteiger charge is -2.33. The maximum Gasteiger partial charge on any atom is 0.191 e. The van der Waals surface area contributed by atoms with Crippen LogP contribution in [0.5, 0.6) is 0 Å². The van der Waals surface area contributed by atoms with Gasteiger partial charge in [0.1, 0.15) is 0 Å². The first-order valence-electron chi connectivity index (χ1n) is 7.48. The minimum absolute atomic E-state index is 0. The van der Waals surface area contributed by atoms with Gasteiger partial charge in [0.2, 0.25) is 0 Å². The van der Waals surface area contributed by atoms with Crippen LogP contribution in [0.25, 0.3) is 0 Å². The zero-order valence-corrected chi connectivity index (χ0v) is 15.9. The molecule has 3 nitrogen and oxygen atoms in total. The Hall–Kier alpha value is -0.490. The van der Waals surface area contributed by atoms with Crippen molar-refractivity contribution in [3.8, 4) is 0 Å². The molecule has 0 amide bonds. The maximum atomic E-state index is 6.00. The van der Waals surface area contributed by atoms with Gasteiger partial charge < -0.3 is 10.6 Å². The van der Waals surface area contributed by atoms with Crippen LogP contribution in [0.1, 0.15) is 38.7 Å². The molecule has 2 N–H and O–H groups in total. The Labute approximate surface area is 150 Å². The summed E-state index contributed by atoms with van der Waals surface area (Å²) in [5.74, 6) is 0.941. The van der Waals surface area contributed by atoms with Crippen molar-refractivity contribution in [2.45, 2.75) is 38.5 Å². The summed E-state index contributed by atoms with van der Waals surface area (Å²) >= 11 is 6.00. The van der Waals surface area contributed by atoms with Crippen LogP contribution in [0.15, 0.2) is 29.3 Å². The Balaban J connectivity index is 0.00000220. The number of rotatable bonds is 5. The van der Waals surface area contributed by atoms with Crippen molar-refractivity contribution in [2.75, 3.05) is 19.6 Å². The Morgan fingerprint density at radius 3 is 2.43 bits per heavy atom. The summed E-state index contributed by atoms with van der Waals surface area (Å²) in [5.41, 5.74) is 1.47. The SMILES string of the molecule is CCC(CC)(CNC1=NCCCN1)c1ccc(Cl)cc1.I. The quantitative estimate of drug-likeness (QED) is 0.706. The molecule has 0 spiro atoms. The van der Waals surface area contributed by atoms with Gasteiger partial charge >= 0.3 is 0 Å². The van der Waals surface area contributed by atoms with E-state index in [1.54, 1.807) is 0 Å². The number of hydrogen-bond donors (Lipinski definition) is 2. The van der Waals surface area contributed by atoms with Crippen molar-refractivity contribution in [3.63, 3.8) is 0 Å². The van der Waals surface area contributed by atoms with E-state index in [-0.39, 0.29) is 29.4 Å². The number of aliphatic imine (C=N–C) groups is 1. The first-order chi connectivity index (χ1) is 9.70. The van der Waals surface area contributed by atoms with Gasteiger partial charge in [0, 0.05) is 30.1 Å². The van der Waals surface area contributed by atoms with Crippen molar-refractivity contribution < 1.29 is 0 Å². The molecule has 1 aliphatic rings. The predicted octanol–water partition coefficient (Wildman–Crippen LogP) is 3.95. The maximum absolute atomic E-state index is 6.00. The Morgan fingerprint density at radius 1 is 1.24 bits per heavy atom. The van der Waals surface area contributed by atoms with Crippen LogP contribution in [0.3, 0.4) is 0 Å². The average molecular weight is 422 g/mol. The van der Waals surface area contributed by atoms with Crippen LogP contribution in [0, 0.1) is 0 Å². The van der Waals surface area contributed by atoms with Gasteiger partial charge in [-0.2, -0.15) is 0 Å². The molecule has 2 rings (SSSR count). The normalized spacial score (nSPS) is 14.7. The second-order valence-electron chi connectivity index (χ2n) is 5.36. The topological polar surface area (TPSA) is 36.4 Å². The zero-order valence-electron chi connectivity index (χ0n) is 12.8. The number of guanidine groups is 1. The fourth-order valence-corrected chi connectivity index (χ4v) is 2.84. The molecule has 118 valence electrons. The Bertz CT molecular complexity index is 455. The predicted molar refractivity (Wildman–Crippen MR) is 102 cm³/mol. The molecule has 0 aliphatic carbocycles. The van der Waals surface area contributed by atoms with E-state index in [2.05, 4.69) is 41.6 Å². The van der Waals surface area contributed by atoms with Gasteiger partial charge in [-0.1, -0.05) is 37.6 Å². The van der Waals surface area contributed by atoms with Crippen LogP contribution in [-0.2, 0) is 5.41 Å². The number of benzene rings is 1. The molecular formula is C16H25ClIN3. The van der Waals surface area contributed by atoms with Gasteiger partial charge in [-0.25, -0.2) is 0 Å². The Morgan fingerprint density at radius 2 is 1.90 bits per heavy atom. The van der Waals surface area contributed by atoms with Crippen molar-refractivity contribution in [1.29, 1.82) is 0 Å².